The summed E-state index contributed by atoms with van der Waals surface area (Å²) in [5.41, 5.74) is 0. The van der Waals surface area contributed by atoms with E-state index in [1.54, 1.807) is 0 Å². The van der Waals surface area contributed by atoms with Crippen molar-refractivity contribution in [1.29, 1.82) is 0 Å². The van der Waals surface area contributed by atoms with Crippen molar-refractivity contribution in [2.45, 2.75) is 26.4 Å². The molecule has 1 unspecified atom stereocenters. The Morgan fingerprint density at radius 3 is 2.45 bits per heavy atom. The van der Waals surface area contributed by atoms with Gasteiger partial charge in [-0.3, -0.25) is 4.58 Å². The van der Waals surface area contributed by atoms with Gasteiger partial charge in [-0.1, -0.05) is 13.8 Å². The number of esters is 1. The maximum Gasteiger partial charge on any atom is 0.499 e. The summed E-state index contributed by atoms with van der Waals surface area (Å²) in [5.74, 6) is 0.0153. The molecule has 11 heavy (non-hydrogen) atoms. The van der Waals surface area contributed by atoms with Gasteiger partial charge in [0.15, 0.2) is 7.11 Å². The molecule has 0 saturated carbocycles. The van der Waals surface area contributed by atoms with E-state index in [1.165, 1.54) is 7.11 Å². The third-order valence-electron chi connectivity index (χ3n) is 1.47. The number of methoxy groups -OCH3 is 1. The molecule has 0 aromatic rings. The minimum absolute atomic E-state index is 0.0776. The molecule has 0 amide bonds. The molecule has 1 atom stereocenters. The van der Waals surface area contributed by atoms with Crippen molar-refractivity contribution in [3.63, 3.8) is 0 Å². The molecule has 0 aliphatic rings. The molecule has 0 rings (SSSR count). The summed E-state index contributed by atoms with van der Waals surface area (Å²) in [6.45, 7) is 3.70. The van der Waals surface area contributed by atoms with Crippen molar-refractivity contribution < 1.29 is 19.7 Å². The molecule has 1 N–H and O–H groups in total. The summed E-state index contributed by atoms with van der Waals surface area (Å²) in [7, 11) is 1.33. The molecule has 0 aromatic carbocycles. The first kappa shape index (κ1) is 10.2. The first-order chi connectivity index (χ1) is 5.11. The highest BCUT2D eigenvalue weighted by Gasteiger charge is 2.20. The van der Waals surface area contributed by atoms with Crippen LogP contribution in [0.4, 0.5) is 0 Å². The monoisotopic (exact) mass is 162 g/mol. The third-order valence-corrected chi connectivity index (χ3v) is 1.47. The van der Waals surface area contributed by atoms with Crippen LogP contribution in [0.2, 0.25) is 0 Å². The Morgan fingerprint density at radius 2 is 2.18 bits per heavy atom. The van der Waals surface area contributed by atoms with Gasteiger partial charge < -0.3 is 15.1 Å². The lowest BCUT2D eigenvalue weighted by Crippen LogP contribution is -2.23. The zero-order chi connectivity index (χ0) is 8.85. The van der Waals surface area contributed by atoms with Gasteiger partial charge in [-0.25, -0.2) is 0 Å². The van der Waals surface area contributed by atoms with Crippen molar-refractivity contribution >= 4 is 5.97 Å². The molecule has 0 aliphatic heterocycles. The predicted octanol–water partition coefficient (Wildman–Crippen LogP) is -0.623. The maximum atomic E-state index is 9.85. The average Bonchev–Trinajstić information content (AvgIpc) is 1.99. The fourth-order valence-corrected chi connectivity index (χ4v) is 0.558. The Bertz CT molecular complexity index is 130. The molecule has 4 heteroatoms. The van der Waals surface area contributed by atoms with Crippen LogP contribution in [0.25, 0.3) is 0 Å². The number of hydrogen-bond acceptors (Lipinski definition) is 3. The summed E-state index contributed by atoms with van der Waals surface area (Å²) < 4.78 is 8.15. The van der Waals surface area contributed by atoms with Gasteiger partial charge >= 0.3 is 5.97 Å². The minimum atomic E-state index is -0.584. The Hall–Kier alpha value is -0.770. The molecular formula is C7H14O4. The zero-order valence-corrected chi connectivity index (χ0v) is 7.03. The second kappa shape index (κ2) is 4.96. The van der Waals surface area contributed by atoms with E-state index in [1.807, 2.05) is 13.8 Å². The molecule has 0 radical (unpaired) electrons. The largest absolute Gasteiger partial charge is 0.588 e. The lowest BCUT2D eigenvalue weighted by molar-refractivity contribution is -1.05. The van der Waals surface area contributed by atoms with Crippen LogP contribution >= 0.6 is 0 Å². The number of aliphatic hydroxyl groups excluding tert-OH is 1. The van der Waals surface area contributed by atoms with Crippen molar-refractivity contribution in [2.75, 3.05) is 7.11 Å². The molecule has 0 bridgehead atoms. The van der Waals surface area contributed by atoms with E-state index in [-0.39, 0.29) is 18.3 Å². The van der Waals surface area contributed by atoms with E-state index in [2.05, 4.69) is 9.31 Å². The van der Waals surface area contributed by atoms with Gasteiger partial charge in [0.1, 0.15) is 6.42 Å². The number of aliphatic hydroxyl groups is 1. The topological polar surface area (TPSA) is 63.8 Å². The summed E-state index contributed by atoms with van der Waals surface area (Å²) in [6, 6.07) is 0. The lowest BCUT2D eigenvalue weighted by atomic mass is 10.1. The fraction of sp³-hybridized carbons (Fsp3) is 0.857. The van der Waals surface area contributed by atoms with Crippen LogP contribution in [0, 0.1) is 5.92 Å². The van der Waals surface area contributed by atoms with Crippen LogP contribution < -0.4 is 5.26 Å². The van der Waals surface area contributed by atoms with E-state index >= 15 is 0 Å². The van der Waals surface area contributed by atoms with E-state index in [0.717, 1.165) is 0 Å². The molecule has 66 valence electrons. The highest BCUT2D eigenvalue weighted by atomic mass is 17.1. The normalized spacial score (nSPS) is 15.2. The summed E-state index contributed by atoms with van der Waals surface area (Å²) in [4.78, 5) is 0. The average molecular weight is 162 g/mol. The Kier molecular flexibility index (Phi) is 4.61. The van der Waals surface area contributed by atoms with Gasteiger partial charge in [-0.2, -0.15) is 0 Å². The predicted molar refractivity (Wildman–Crippen MR) is 37.5 cm³/mol. The zero-order valence-electron chi connectivity index (χ0n) is 7.03. The number of ether oxygens (including phenoxy) is 1. The van der Waals surface area contributed by atoms with Gasteiger partial charge in [-0.05, 0) is 5.92 Å². The molecule has 0 heterocycles. The minimum Gasteiger partial charge on any atom is -0.588 e. The van der Waals surface area contributed by atoms with Crippen molar-refractivity contribution in [1.82, 2.24) is 0 Å². The van der Waals surface area contributed by atoms with Crippen LogP contribution in [0.5, 0.6) is 0 Å². The van der Waals surface area contributed by atoms with Gasteiger partial charge in [0, 0.05) is 0 Å². The highest BCUT2D eigenvalue weighted by molar-refractivity contribution is 5.69. The van der Waals surface area contributed by atoms with Crippen molar-refractivity contribution in [2.24, 2.45) is 5.92 Å². The summed E-state index contributed by atoms with van der Waals surface area (Å²) in [6.07, 6.45) is -0.448. The second-order valence-electron chi connectivity index (χ2n) is 2.67. The van der Waals surface area contributed by atoms with E-state index < -0.39 is 6.10 Å². The van der Waals surface area contributed by atoms with E-state index in [0.29, 0.717) is 0 Å². The van der Waals surface area contributed by atoms with Crippen molar-refractivity contribution in [3.8, 4) is 0 Å². The molecule has 0 saturated heterocycles. The number of rotatable bonds is 3. The van der Waals surface area contributed by atoms with Gasteiger partial charge in [0.25, 0.3) is 0 Å². The Balaban J connectivity index is 3.82. The van der Waals surface area contributed by atoms with E-state index in [4.69, 9.17) is 0 Å². The third kappa shape index (κ3) is 3.83. The van der Waals surface area contributed by atoms with Gasteiger partial charge in [0.2, 0.25) is 0 Å². The smallest absolute Gasteiger partial charge is 0.499 e. The van der Waals surface area contributed by atoms with Crippen LogP contribution in [-0.4, -0.2) is 24.3 Å². The number of hydrogen-bond donors (Lipinski definition) is 1. The Morgan fingerprint density at radius 1 is 1.64 bits per heavy atom. The molecule has 0 spiro atoms. The first-order valence-corrected chi connectivity index (χ1v) is 3.49. The first-order valence-electron chi connectivity index (χ1n) is 3.49. The lowest BCUT2D eigenvalue weighted by Gasteiger charge is -2.09. The molecule has 0 aliphatic carbocycles. The number of carbonyl (C=O) groups excluding carboxylic acids is 1. The van der Waals surface area contributed by atoms with Crippen molar-refractivity contribution in [3.05, 3.63) is 0 Å². The molecular weight excluding hydrogens is 148 g/mol. The summed E-state index contributed by atoms with van der Waals surface area (Å²) >= 11 is 0. The molecule has 4 nitrogen and oxygen atoms in total. The van der Waals surface area contributed by atoms with Crippen LogP contribution in [0.3, 0.4) is 0 Å². The molecule has 0 aromatic heterocycles. The molecule has 0 fully saturated rings. The second-order valence-corrected chi connectivity index (χ2v) is 2.67. The van der Waals surface area contributed by atoms with Crippen LogP contribution in [-0.2, 0) is 9.31 Å². The fourth-order valence-electron chi connectivity index (χ4n) is 0.558. The quantitative estimate of drug-likeness (QED) is 0.260. The van der Waals surface area contributed by atoms with Gasteiger partial charge in [0.05, 0.1) is 6.10 Å². The highest BCUT2D eigenvalue weighted by Crippen LogP contribution is 2.05. The van der Waals surface area contributed by atoms with Crippen LogP contribution in [0.1, 0.15) is 20.3 Å². The maximum absolute atomic E-state index is 9.85. The van der Waals surface area contributed by atoms with Gasteiger partial charge in [-0.15, -0.1) is 0 Å². The van der Waals surface area contributed by atoms with E-state index in [9.17, 15) is 10.4 Å². The summed E-state index contributed by atoms with van der Waals surface area (Å²) in [5, 5.41) is 19.1. The standard InChI is InChI=1S/C7H14O4/c1-5(2)6(8)4-7(10-3)11-9/h5-6,8H,4H2,1-3H3. The Labute approximate surface area is 66.0 Å². The SMILES string of the molecule is COC(CC(O)C(C)C)=[O+][O-]. The van der Waals surface area contributed by atoms with Crippen LogP contribution in [0.15, 0.2) is 0 Å².